The quantitative estimate of drug-likeness (QED) is 0.531. The fraction of sp³-hybridized carbons (Fsp3) is 0.278. The summed E-state index contributed by atoms with van der Waals surface area (Å²) in [6.45, 7) is -0.645. The van der Waals surface area contributed by atoms with Crippen molar-refractivity contribution in [2.24, 2.45) is 0 Å². The zero-order chi connectivity index (χ0) is 20.2. The van der Waals surface area contributed by atoms with E-state index in [1.54, 1.807) is 0 Å². The summed E-state index contributed by atoms with van der Waals surface area (Å²) in [5.41, 5.74) is -2.07. The van der Waals surface area contributed by atoms with E-state index in [0.717, 1.165) is 43.5 Å². The monoisotopic (exact) mass is 392 g/mol. The van der Waals surface area contributed by atoms with E-state index in [1.807, 2.05) is 0 Å². The van der Waals surface area contributed by atoms with Crippen molar-refractivity contribution in [3.63, 3.8) is 0 Å². The van der Waals surface area contributed by atoms with Crippen LogP contribution < -0.4 is 0 Å². The van der Waals surface area contributed by atoms with Crippen LogP contribution in [-0.4, -0.2) is 19.7 Å². The molecular formula is C18H14F6O3. The summed E-state index contributed by atoms with van der Waals surface area (Å²) in [7, 11) is 1.08. The molecule has 3 nitrogen and oxygen atoms in total. The average molecular weight is 392 g/mol. The molecule has 2 aromatic carbocycles. The molecule has 0 saturated carbocycles. The van der Waals surface area contributed by atoms with E-state index in [1.165, 1.54) is 12.1 Å². The van der Waals surface area contributed by atoms with Gasteiger partial charge in [-0.3, -0.25) is 0 Å². The van der Waals surface area contributed by atoms with Crippen LogP contribution in [0.2, 0.25) is 0 Å². The highest BCUT2D eigenvalue weighted by atomic mass is 19.4. The highest BCUT2D eigenvalue weighted by Crippen LogP contribution is 2.36. The number of hydrogen-bond acceptors (Lipinski definition) is 3. The van der Waals surface area contributed by atoms with Crippen molar-refractivity contribution in [3.05, 3.63) is 70.8 Å². The molecule has 0 aliphatic carbocycles. The van der Waals surface area contributed by atoms with Gasteiger partial charge in [0.2, 0.25) is 0 Å². The maximum absolute atomic E-state index is 13.0. The number of esters is 1. The van der Waals surface area contributed by atoms with Crippen LogP contribution in [0.15, 0.2) is 48.5 Å². The number of ether oxygens (including phenoxy) is 2. The van der Waals surface area contributed by atoms with E-state index in [0.29, 0.717) is 0 Å². The van der Waals surface area contributed by atoms with Crippen LogP contribution in [0.25, 0.3) is 0 Å². The summed E-state index contributed by atoms with van der Waals surface area (Å²) in [6.07, 6.45) is -10.6. The van der Waals surface area contributed by atoms with Gasteiger partial charge in [-0.2, -0.15) is 26.3 Å². The Morgan fingerprint density at radius 3 is 1.70 bits per heavy atom. The first-order valence-corrected chi connectivity index (χ1v) is 7.55. The van der Waals surface area contributed by atoms with Gasteiger partial charge in [-0.25, -0.2) is 4.79 Å². The third-order valence-electron chi connectivity index (χ3n) is 3.63. The minimum Gasteiger partial charge on any atom is -0.467 e. The van der Waals surface area contributed by atoms with Crippen LogP contribution in [0, 0.1) is 0 Å². The van der Waals surface area contributed by atoms with Gasteiger partial charge in [0.25, 0.3) is 0 Å². The minimum atomic E-state index is -4.64. The van der Waals surface area contributed by atoms with Crippen molar-refractivity contribution >= 4 is 5.97 Å². The molecule has 0 N–H and O–H groups in total. The first kappa shape index (κ1) is 20.8. The number of benzene rings is 2. The van der Waals surface area contributed by atoms with Crippen molar-refractivity contribution in [3.8, 4) is 0 Å². The molecular weight excluding hydrogens is 378 g/mol. The van der Waals surface area contributed by atoms with E-state index in [9.17, 15) is 31.1 Å². The maximum Gasteiger partial charge on any atom is 0.416 e. The first-order valence-electron chi connectivity index (χ1n) is 7.55. The van der Waals surface area contributed by atoms with Gasteiger partial charge >= 0.3 is 18.3 Å². The minimum absolute atomic E-state index is 0.0481. The van der Waals surface area contributed by atoms with E-state index in [4.69, 9.17) is 4.74 Å². The topological polar surface area (TPSA) is 35.5 Å². The predicted octanol–water partition coefficient (Wildman–Crippen LogP) is 5.00. The van der Waals surface area contributed by atoms with Crippen LogP contribution in [-0.2, 0) is 26.6 Å². The molecule has 2 rings (SSSR count). The van der Waals surface area contributed by atoms with Crippen LogP contribution in [0.5, 0.6) is 0 Å². The number of methoxy groups -OCH3 is 1. The Labute approximate surface area is 150 Å². The first-order chi connectivity index (χ1) is 12.5. The highest BCUT2D eigenvalue weighted by molar-refractivity contribution is 5.70. The molecule has 9 heteroatoms. The standard InChI is InChI=1S/C18H14F6O3/c1-26-15(25)10-27-16(11-4-2-6-13(8-11)17(19,20)21)12-5-3-7-14(9-12)18(22,23)24/h2-9,16H,10H2,1H3. The van der Waals surface area contributed by atoms with E-state index in [-0.39, 0.29) is 11.1 Å². The molecule has 0 bridgehead atoms. The average Bonchev–Trinajstić information content (AvgIpc) is 2.61. The van der Waals surface area contributed by atoms with E-state index < -0.39 is 42.2 Å². The molecule has 0 amide bonds. The van der Waals surface area contributed by atoms with Gasteiger partial charge in [-0.05, 0) is 35.4 Å². The van der Waals surface area contributed by atoms with Crippen LogP contribution in [0.4, 0.5) is 26.3 Å². The lowest BCUT2D eigenvalue weighted by atomic mass is 9.97. The van der Waals surface area contributed by atoms with E-state index in [2.05, 4.69) is 4.74 Å². The van der Waals surface area contributed by atoms with Crippen LogP contribution >= 0.6 is 0 Å². The number of halogens is 6. The van der Waals surface area contributed by atoms with Gasteiger partial charge in [0, 0.05) is 0 Å². The normalized spacial score (nSPS) is 12.3. The third-order valence-corrected chi connectivity index (χ3v) is 3.63. The fourth-order valence-electron chi connectivity index (χ4n) is 2.35. The second-order valence-corrected chi connectivity index (χ2v) is 5.51. The molecule has 0 unspecified atom stereocenters. The van der Waals surface area contributed by atoms with E-state index >= 15 is 0 Å². The lowest BCUT2D eigenvalue weighted by Gasteiger charge is -2.20. The smallest absolute Gasteiger partial charge is 0.416 e. The molecule has 0 atom stereocenters. The Kier molecular flexibility index (Phi) is 6.15. The van der Waals surface area contributed by atoms with Gasteiger partial charge in [-0.1, -0.05) is 24.3 Å². The molecule has 0 radical (unpaired) electrons. The Hall–Kier alpha value is -2.55. The van der Waals surface area contributed by atoms with Crippen molar-refractivity contribution in [1.29, 1.82) is 0 Å². The SMILES string of the molecule is COC(=O)COC(c1cccc(C(F)(F)F)c1)c1cccc(C(F)(F)F)c1. The summed E-state index contributed by atoms with van der Waals surface area (Å²) < 4.78 is 87.5. The molecule has 2 aromatic rings. The Morgan fingerprint density at radius 1 is 0.889 bits per heavy atom. The van der Waals surface area contributed by atoms with Gasteiger partial charge in [0.15, 0.2) is 0 Å². The van der Waals surface area contributed by atoms with Gasteiger partial charge < -0.3 is 9.47 Å². The highest BCUT2D eigenvalue weighted by Gasteiger charge is 2.33. The molecule has 27 heavy (non-hydrogen) atoms. The third kappa shape index (κ3) is 5.46. The van der Waals surface area contributed by atoms with Gasteiger partial charge in [0.05, 0.1) is 18.2 Å². The maximum atomic E-state index is 13.0. The summed E-state index contributed by atoms with van der Waals surface area (Å²) in [4.78, 5) is 11.3. The number of rotatable bonds is 5. The molecule has 0 spiro atoms. The second-order valence-electron chi connectivity index (χ2n) is 5.51. The number of carbonyl (C=O) groups is 1. The molecule has 0 saturated heterocycles. The molecule has 0 aliphatic heterocycles. The lowest BCUT2D eigenvalue weighted by Crippen LogP contribution is -2.16. The number of carbonyl (C=O) groups excluding carboxylic acids is 1. The Morgan fingerprint density at radius 2 is 1.33 bits per heavy atom. The van der Waals surface area contributed by atoms with Gasteiger partial charge in [0.1, 0.15) is 12.7 Å². The van der Waals surface area contributed by atoms with Crippen molar-refractivity contribution < 1.29 is 40.6 Å². The zero-order valence-corrected chi connectivity index (χ0v) is 13.9. The van der Waals surface area contributed by atoms with Crippen molar-refractivity contribution in [2.75, 3.05) is 13.7 Å². The summed E-state index contributed by atoms with van der Waals surface area (Å²) in [5.74, 6) is -0.820. The summed E-state index contributed by atoms with van der Waals surface area (Å²) in [6, 6.07) is 7.96. The Bertz CT molecular complexity index is 741. The van der Waals surface area contributed by atoms with Crippen molar-refractivity contribution in [2.45, 2.75) is 18.5 Å². The zero-order valence-electron chi connectivity index (χ0n) is 13.9. The van der Waals surface area contributed by atoms with Gasteiger partial charge in [-0.15, -0.1) is 0 Å². The predicted molar refractivity (Wildman–Crippen MR) is 82.7 cm³/mol. The molecule has 0 fully saturated rings. The molecule has 0 aliphatic rings. The van der Waals surface area contributed by atoms with Crippen molar-refractivity contribution in [1.82, 2.24) is 0 Å². The second kappa shape index (κ2) is 7.99. The molecule has 0 heterocycles. The largest absolute Gasteiger partial charge is 0.467 e. The molecule has 146 valence electrons. The number of alkyl halides is 6. The van der Waals surface area contributed by atoms with Crippen LogP contribution in [0.3, 0.4) is 0 Å². The molecule has 0 aromatic heterocycles. The number of hydrogen-bond donors (Lipinski definition) is 0. The van der Waals surface area contributed by atoms with Crippen LogP contribution in [0.1, 0.15) is 28.4 Å². The lowest BCUT2D eigenvalue weighted by molar-refractivity contribution is -0.147. The Balaban J connectivity index is 2.48. The fourth-order valence-corrected chi connectivity index (χ4v) is 2.35. The summed E-state index contributed by atoms with van der Waals surface area (Å²) >= 11 is 0. The summed E-state index contributed by atoms with van der Waals surface area (Å²) in [5, 5.41) is 0.